The van der Waals surface area contributed by atoms with E-state index in [1.54, 1.807) is 37.3 Å². The van der Waals surface area contributed by atoms with Crippen LogP contribution in [0.25, 0.3) is 0 Å². The van der Waals surface area contributed by atoms with Gasteiger partial charge in [-0.15, -0.1) is 0 Å². The molecule has 1 saturated heterocycles. The highest BCUT2D eigenvalue weighted by molar-refractivity contribution is 6.09. The summed E-state index contributed by atoms with van der Waals surface area (Å²) in [5.74, 6) is 0.225. The minimum Gasteiger partial charge on any atom is -0.497 e. The summed E-state index contributed by atoms with van der Waals surface area (Å²) in [6.45, 7) is 4.44. The third-order valence-electron chi connectivity index (χ3n) is 4.17. The smallest absolute Gasteiger partial charge is 0.239 e. The summed E-state index contributed by atoms with van der Waals surface area (Å²) in [7, 11) is 3.12. The average molecular weight is 320 g/mol. The van der Waals surface area contributed by atoms with Crippen molar-refractivity contribution in [3.05, 3.63) is 18.2 Å². The number of benzene rings is 1. The minimum absolute atomic E-state index is 0.0706. The van der Waals surface area contributed by atoms with E-state index in [9.17, 15) is 9.59 Å². The van der Waals surface area contributed by atoms with Gasteiger partial charge >= 0.3 is 0 Å². The maximum atomic E-state index is 12.6. The third-order valence-corrected chi connectivity index (χ3v) is 4.17. The Morgan fingerprint density at radius 1 is 1.30 bits per heavy atom. The molecule has 0 unspecified atom stereocenters. The third kappa shape index (κ3) is 3.75. The van der Waals surface area contributed by atoms with E-state index < -0.39 is 5.92 Å². The molecule has 0 spiro atoms. The van der Waals surface area contributed by atoms with Gasteiger partial charge in [0.2, 0.25) is 11.8 Å². The summed E-state index contributed by atoms with van der Waals surface area (Å²) < 4.78 is 10.5. The fourth-order valence-electron chi connectivity index (χ4n) is 2.57. The summed E-state index contributed by atoms with van der Waals surface area (Å²) in [5, 5.41) is 2.88. The first-order valence-electron chi connectivity index (χ1n) is 7.85. The zero-order chi connectivity index (χ0) is 17.0. The van der Waals surface area contributed by atoms with Gasteiger partial charge in [0, 0.05) is 30.8 Å². The fourth-order valence-corrected chi connectivity index (χ4v) is 2.57. The number of ether oxygens (including phenoxy) is 2. The number of amides is 2. The lowest BCUT2D eigenvalue weighted by molar-refractivity contribution is -0.132. The van der Waals surface area contributed by atoms with Crippen molar-refractivity contribution in [1.29, 1.82) is 0 Å². The van der Waals surface area contributed by atoms with Crippen molar-refractivity contribution >= 4 is 17.5 Å². The molecular weight excluding hydrogens is 296 g/mol. The van der Waals surface area contributed by atoms with Gasteiger partial charge in [0.25, 0.3) is 0 Å². The topological polar surface area (TPSA) is 67.9 Å². The van der Waals surface area contributed by atoms with E-state index in [0.717, 1.165) is 6.42 Å². The van der Waals surface area contributed by atoms with Gasteiger partial charge in [0.15, 0.2) is 0 Å². The standard InChI is InChI=1S/C17H24N2O4/c1-5-11(2)18-16(20)15-6-7-19(17(15)21)12-8-13(22-3)10-14(9-12)23-4/h8-11,15H,5-7H2,1-4H3,(H,18,20)/t11-,15-/m1/s1. The number of methoxy groups -OCH3 is 2. The summed E-state index contributed by atoms with van der Waals surface area (Å²) in [6, 6.07) is 5.36. The van der Waals surface area contributed by atoms with Gasteiger partial charge in [-0.1, -0.05) is 6.92 Å². The van der Waals surface area contributed by atoms with Crippen LogP contribution in [-0.4, -0.2) is 38.6 Å². The molecule has 1 heterocycles. The molecule has 0 aromatic heterocycles. The number of nitrogens with one attached hydrogen (secondary N) is 1. The fraction of sp³-hybridized carbons (Fsp3) is 0.529. The van der Waals surface area contributed by atoms with E-state index in [2.05, 4.69) is 5.32 Å². The molecule has 2 amide bonds. The van der Waals surface area contributed by atoms with Gasteiger partial charge in [-0.2, -0.15) is 0 Å². The molecule has 0 saturated carbocycles. The average Bonchev–Trinajstić information content (AvgIpc) is 2.95. The van der Waals surface area contributed by atoms with Crippen molar-refractivity contribution in [3.63, 3.8) is 0 Å². The summed E-state index contributed by atoms with van der Waals surface area (Å²) in [5.41, 5.74) is 0.685. The largest absolute Gasteiger partial charge is 0.497 e. The Balaban J connectivity index is 2.17. The van der Waals surface area contributed by atoms with Crippen LogP contribution in [0.4, 0.5) is 5.69 Å². The normalized spacial score (nSPS) is 18.7. The second-order valence-electron chi connectivity index (χ2n) is 5.72. The van der Waals surface area contributed by atoms with Gasteiger partial charge in [0.05, 0.1) is 19.9 Å². The Labute approximate surface area is 136 Å². The molecule has 1 aromatic rings. The Kier molecular flexibility index (Phi) is 5.47. The van der Waals surface area contributed by atoms with Crippen LogP contribution in [0.1, 0.15) is 26.7 Å². The van der Waals surface area contributed by atoms with Crippen molar-refractivity contribution in [2.75, 3.05) is 25.7 Å². The van der Waals surface area contributed by atoms with Crippen LogP contribution < -0.4 is 19.7 Å². The molecule has 23 heavy (non-hydrogen) atoms. The number of anilines is 1. The van der Waals surface area contributed by atoms with Crippen molar-refractivity contribution in [2.24, 2.45) is 5.92 Å². The van der Waals surface area contributed by atoms with Crippen LogP contribution in [0.2, 0.25) is 0 Å². The van der Waals surface area contributed by atoms with Gasteiger partial charge < -0.3 is 19.7 Å². The van der Waals surface area contributed by atoms with Gasteiger partial charge in [-0.3, -0.25) is 9.59 Å². The Hall–Kier alpha value is -2.24. The lowest BCUT2D eigenvalue weighted by Gasteiger charge is -2.19. The molecule has 0 aliphatic carbocycles. The zero-order valence-electron chi connectivity index (χ0n) is 14.1. The quantitative estimate of drug-likeness (QED) is 0.814. The van der Waals surface area contributed by atoms with E-state index in [-0.39, 0.29) is 17.9 Å². The van der Waals surface area contributed by atoms with E-state index in [4.69, 9.17) is 9.47 Å². The van der Waals surface area contributed by atoms with Crippen LogP contribution in [0, 0.1) is 5.92 Å². The van der Waals surface area contributed by atoms with Crippen molar-refractivity contribution in [1.82, 2.24) is 5.32 Å². The predicted octanol–water partition coefficient (Wildman–Crippen LogP) is 1.97. The Morgan fingerprint density at radius 3 is 2.43 bits per heavy atom. The Bertz CT molecular complexity index is 566. The van der Waals surface area contributed by atoms with Crippen LogP contribution in [0.15, 0.2) is 18.2 Å². The number of hydrogen-bond acceptors (Lipinski definition) is 4. The second-order valence-corrected chi connectivity index (χ2v) is 5.72. The SMILES string of the molecule is CC[C@@H](C)NC(=O)[C@H]1CCN(c2cc(OC)cc(OC)c2)C1=O. The van der Waals surface area contributed by atoms with E-state index in [0.29, 0.717) is 30.2 Å². The van der Waals surface area contributed by atoms with Crippen LogP contribution in [-0.2, 0) is 9.59 Å². The number of carbonyl (C=O) groups excluding carboxylic acids is 2. The molecule has 0 bridgehead atoms. The number of rotatable bonds is 6. The second kappa shape index (κ2) is 7.35. The van der Waals surface area contributed by atoms with E-state index in [1.165, 1.54) is 0 Å². The molecule has 1 fully saturated rings. The summed E-state index contributed by atoms with van der Waals surface area (Å²) in [4.78, 5) is 26.5. The van der Waals surface area contributed by atoms with E-state index in [1.807, 2.05) is 13.8 Å². The molecule has 6 heteroatoms. The first kappa shape index (κ1) is 17.1. The lowest BCUT2D eigenvalue weighted by Crippen LogP contribution is -2.40. The van der Waals surface area contributed by atoms with Gasteiger partial charge in [0.1, 0.15) is 17.4 Å². The van der Waals surface area contributed by atoms with Crippen molar-refractivity contribution < 1.29 is 19.1 Å². The van der Waals surface area contributed by atoms with Gasteiger partial charge in [-0.25, -0.2) is 0 Å². The molecule has 1 aliphatic heterocycles. The van der Waals surface area contributed by atoms with Crippen molar-refractivity contribution in [2.45, 2.75) is 32.7 Å². The van der Waals surface area contributed by atoms with E-state index >= 15 is 0 Å². The highest BCUT2D eigenvalue weighted by Gasteiger charge is 2.38. The van der Waals surface area contributed by atoms with Crippen LogP contribution >= 0.6 is 0 Å². The number of hydrogen-bond donors (Lipinski definition) is 1. The molecule has 0 radical (unpaired) electrons. The molecular formula is C17H24N2O4. The molecule has 2 rings (SSSR count). The number of carbonyl (C=O) groups is 2. The zero-order valence-corrected chi connectivity index (χ0v) is 14.1. The highest BCUT2D eigenvalue weighted by atomic mass is 16.5. The highest BCUT2D eigenvalue weighted by Crippen LogP contribution is 2.32. The maximum absolute atomic E-state index is 12.6. The van der Waals surface area contributed by atoms with Gasteiger partial charge in [-0.05, 0) is 19.8 Å². The molecule has 1 aromatic carbocycles. The summed E-state index contributed by atoms with van der Waals surface area (Å²) >= 11 is 0. The Morgan fingerprint density at radius 2 is 1.91 bits per heavy atom. The number of nitrogens with zero attached hydrogens (tertiary/aromatic N) is 1. The maximum Gasteiger partial charge on any atom is 0.239 e. The molecule has 126 valence electrons. The molecule has 2 atom stereocenters. The first-order valence-corrected chi connectivity index (χ1v) is 7.85. The monoisotopic (exact) mass is 320 g/mol. The summed E-state index contributed by atoms with van der Waals surface area (Å²) in [6.07, 6.45) is 1.35. The molecule has 6 nitrogen and oxygen atoms in total. The minimum atomic E-state index is -0.624. The first-order chi connectivity index (χ1) is 11.0. The lowest BCUT2D eigenvalue weighted by atomic mass is 10.1. The van der Waals surface area contributed by atoms with Crippen LogP contribution in [0.3, 0.4) is 0 Å². The molecule has 1 aliphatic rings. The van der Waals surface area contributed by atoms with Crippen LogP contribution in [0.5, 0.6) is 11.5 Å². The van der Waals surface area contributed by atoms with Crippen molar-refractivity contribution in [3.8, 4) is 11.5 Å². The predicted molar refractivity (Wildman–Crippen MR) is 87.9 cm³/mol. The molecule has 1 N–H and O–H groups in total.